The highest BCUT2D eigenvalue weighted by atomic mass is 35.5. The summed E-state index contributed by atoms with van der Waals surface area (Å²) in [5.41, 5.74) is 0.523. The quantitative estimate of drug-likeness (QED) is 0.748. The van der Waals surface area contributed by atoms with Crippen LogP contribution >= 0.6 is 11.6 Å². The second kappa shape index (κ2) is 7.76. The van der Waals surface area contributed by atoms with Crippen LogP contribution in [0.5, 0.6) is 0 Å². The molecule has 25 heavy (non-hydrogen) atoms. The monoisotopic (exact) mass is 359 g/mol. The summed E-state index contributed by atoms with van der Waals surface area (Å²) >= 11 is 6.39. The lowest BCUT2D eigenvalue weighted by Gasteiger charge is -2.37. The molecule has 1 heterocycles. The van der Waals surface area contributed by atoms with E-state index in [0.717, 1.165) is 63.8 Å². The Hall–Kier alpha value is -1.57. The Morgan fingerprint density at radius 2 is 1.92 bits per heavy atom. The van der Waals surface area contributed by atoms with Crippen LogP contribution in [-0.2, 0) is 10.3 Å². The number of nitrogens with zero attached hydrogens (tertiary/aromatic N) is 3. The summed E-state index contributed by atoms with van der Waals surface area (Å²) in [5, 5.41) is 0.712. The van der Waals surface area contributed by atoms with Gasteiger partial charge in [-0.05, 0) is 31.4 Å². The van der Waals surface area contributed by atoms with E-state index in [4.69, 9.17) is 18.2 Å². The SMILES string of the molecule is [C-]#[N+]C1(c2ccccc2Cl)CCC(N2CCCN(C(C)=O)CC2)CC1. The van der Waals surface area contributed by atoms with Crippen LogP contribution in [0, 0.1) is 6.57 Å². The molecule has 1 aliphatic carbocycles. The van der Waals surface area contributed by atoms with Crippen molar-refractivity contribution in [2.24, 2.45) is 0 Å². The molecule has 1 aliphatic heterocycles. The van der Waals surface area contributed by atoms with Gasteiger partial charge < -0.3 is 9.74 Å². The summed E-state index contributed by atoms with van der Waals surface area (Å²) in [6.07, 6.45) is 4.80. The number of halogens is 1. The van der Waals surface area contributed by atoms with Gasteiger partial charge in [0.05, 0.1) is 10.6 Å². The molecule has 0 N–H and O–H groups in total. The van der Waals surface area contributed by atoms with Gasteiger partial charge in [0, 0.05) is 52.0 Å². The molecule has 1 aromatic rings. The van der Waals surface area contributed by atoms with Crippen molar-refractivity contribution in [1.29, 1.82) is 0 Å². The van der Waals surface area contributed by atoms with E-state index in [1.807, 2.05) is 29.2 Å². The van der Waals surface area contributed by atoms with E-state index >= 15 is 0 Å². The summed E-state index contributed by atoms with van der Waals surface area (Å²) in [4.78, 5) is 20.1. The van der Waals surface area contributed by atoms with Gasteiger partial charge in [0.2, 0.25) is 5.91 Å². The highest BCUT2D eigenvalue weighted by Crippen LogP contribution is 2.44. The van der Waals surface area contributed by atoms with Gasteiger partial charge in [-0.15, -0.1) is 0 Å². The molecule has 1 amide bonds. The van der Waals surface area contributed by atoms with Crippen molar-refractivity contribution in [2.75, 3.05) is 26.2 Å². The van der Waals surface area contributed by atoms with Gasteiger partial charge in [-0.3, -0.25) is 9.69 Å². The molecule has 1 saturated heterocycles. The molecular weight excluding hydrogens is 334 g/mol. The second-order valence-corrected chi connectivity index (χ2v) is 7.66. The lowest BCUT2D eigenvalue weighted by atomic mass is 9.75. The number of amides is 1. The van der Waals surface area contributed by atoms with Crippen LogP contribution in [0.15, 0.2) is 24.3 Å². The summed E-state index contributed by atoms with van der Waals surface area (Å²) in [6.45, 7) is 13.1. The first kappa shape index (κ1) is 18.2. The average molecular weight is 360 g/mol. The van der Waals surface area contributed by atoms with E-state index in [0.29, 0.717) is 11.1 Å². The summed E-state index contributed by atoms with van der Waals surface area (Å²) in [5.74, 6) is 0.177. The minimum Gasteiger partial charge on any atom is -0.342 e. The zero-order valence-electron chi connectivity index (χ0n) is 14.9. The molecule has 0 aromatic heterocycles. The molecule has 1 saturated carbocycles. The van der Waals surface area contributed by atoms with Crippen LogP contribution < -0.4 is 0 Å². The summed E-state index contributed by atoms with van der Waals surface area (Å²) in [6, 6.07) is 8.32. The third-order valence-corrected chi connectivity index (χ3v) is 6.19. The predicted molar refractivity (Wildman–Crippen MR) is 100 cm³/mol. The minimum absolute atomic E-state index is 0.177. The third kappa shape index (κ3) is 3.83. The molecule has 1 aromatic carbocycles. The van der Waals surface area contributed by atoms with Crippen LogP contribution in [0.2, 0.25) is 5.02 Å². The van der Waals surface area contributed by atoms with E-state index in [9.17, 15) is 4.79 Å². The van der Waals surface area contributed by atoms with Crippen molar-refractivity contribution in [1.82, 2.24) is 9.80 Å². The van der Waals surface area contributed by atoms with Crippen molar-refractivity contribution in [3.05, 3.63) is 46.3 Å². The van der Waals surface area contributed by atoms with Crippen molar-refractivity contribution in [2.45, 2.75) is 50.6 Å². The molecule has 134 valence electrons. The lowest BCUT2D eigenvalue weighted by Crippen LogP contribution is -2.43. The van der Waals surface area contributed by atoms with Crippen molar-refractivity contribution >= 4 is 17.5 Å². The van der Waals surface area contributed by atoms with Gasteiger partial charge in [0.1, 0.15) is 0 Å². The molecule has 2 fully saturated rings. The second-order valence-electron chi connectivity index (χ2n) is 7.25. The molecule has 0 radical (unpaired) electrons. The number of carbonyl (C=O) groups excluding carboxylic acids is 1. The van der Waals surface area contributed by atoms with Crippen LogP contribution in [0.1, 0.15) is 44.6 Å². The van der Waals surface area contributed by atoms with Gasteiger partial charge >= 0.3 is 0 Å². The maximum absolute atomic E-state index is 11.6. The normalized spacial score (nSPS) is 28.2. The number of rotatable bonds is 2. The van der Waals surface area contributed by atoms with E-state index in [1.165, 1.54) is 0 Å². The lowest BCUT2D eigenvalue weighted by molar-refractivity contribution is -0.128. The Bertz CT molecular complexity index is 661. The standard InChI is InChI=1S/C20H26ClN3O/c1-16(25)23-12-5-13-24(15-14-23)17-8-10-20(22-2,11-9-17)18-6-3-4-7-19(18)21/h3-4,6-7,17H,5,8-15H2,1H3. The van der Waals surface area contributed by atoms with E-state index in [2.05, 4.69) is 9.74 Å². The molecule has 2 aliphatic rings. The van der Waals surface area contributed by atoms with Crippen molar-refractivity contribution in [3.63, 3.8) is 0 Å². The average Bonchev–Trinajstić information content (AvgIpc) is 2.88. The Morgan fingerprint density at radius 3 is 2.56 bits per heavy atom. The van der Waals surface area contributed by atoms with E-state index < -0.39 is 5.54 Å². The van der Waals surface area contributed by atoms with Crippen LogP contribution in [-0.4, -0.2) is 47.9 Å². The van der Waals surface area contributed by atoms with Gasteiger partial charge in [0.15, 0.2) is 0 Å². The van der Waals surface area contributed by atoms with E-state index in [-0.39, 0.29) is 5.91 Å². The maximum Gasteiger partial charge on any atom is 0.259 e. The Kier molecular flexibility index (Phi) is 5.66. The highest BCUT2D eigenvalue weighted by molar-refractivity contribution is 6.31. The predicted octanol–water partition coefficient (Wildman–Crippen LogP) is 3.95. The topological polar surface area (TPSA) is 27.9 Å². The molecule has 0 bridgehead atoms. The Labute approximate surface area is 155 Å². The zero-order chi connectivity index (χ0) is 17.9. The van der Waals surface area contributed by atoms with Gasteiger partial charge in [-0.2, -0.15) is 0 Å². The summed E-state index contributed by atoms with van der Waals surface area (Å²) < 4.78 is 0. The van der Waals surface area contributed by atoms with Crippen molar-refractivity contribution < 1.29 is 4.79 Å². The first-order chi connectivity index (χ1) is 12.1. The zero-order valence-corrected chi connectivity index (χ0v) is 15.6. The minimum atomic E-state index is -0.466. The molecule has 5 heteroatoms. The fourth-order valence-corrected chi connectivity index (χ4v) is 4.65. The molecule has 4 nitrogen and oxygen atoms in total. The van der Waals surface area contributed by atoms with Crippen LogP contribution in [0.4, 0.5) is 0 Å². The molecule has 0 unspecified atom stereocenters. The number of hydrogen-bond acceptors (Lipinski definition) is 2. The molecule has 0 atom stereocenters. The summed E-state index contributed by atoms with van der Waals surface area (Å²) in [7, 11) is 0. The van der Waals surface area contributed by atoms with Crippen LogP contribution in [0.25, 0.3) is 4.85 Å². The first-order valence-corrected chi connectivity index (χ1v) is 9.57. The number of hydrogen-bond donors (Lipinski definition) is 0. The fourth-order valence-electron chi connectivity index (χ4n) is 4.34. The number of benzene rings is 1. The molecular formula is C20H26ClN3O. The highest BCUT2D eigenvalue weighted by Gasteiger charge is 2.45. The third-order valence-electron chi connectivity index (χ3n) is 5.86. The van der Waals surface area contributed by atoms with E-state index in [1.54, 1.807) is 6.92 Å². The smallest absolute Gasteiger partial charge is 0.259 e. The largest absolute Gasteiger partial charge is 0.342 e. The Balaban J connectivity index is 1.66. The fraction of sp³-hybridized carbons (Fsp3) is 0.600. The first-order valence-electron chi connectivity index (χ1n) is 9.19. The van der Waals surface area contributed by atoms with Gasteiger partial charge in [0.25, 0.3) is 5.54 Å². The van der Waals surface area contributed by atoms with Crippen molar-refractivity contribution in [3.8, 4) is 0 Å². The Morgan fingerprint density at radius 1 is 1.20 bits per heavy atom. The molecule has 0 spiro atoms. The van der Waals surface area contributed by atoms with Gasteiger partial charge in [-0.25, -0.2) is 6.57 Å². The van der Waals surface area contributed by atoms with Gasteiger partial charge in [-0.1, -0.05) is 23.7 Å². The van der Waals surface area contributed by atoms with Crippen LogP contribution in [0.3, 0.4) is 0 Å². The number of carbonyl (C=O) groups is 1. The maximum atomic E-state index is 11.6. The molecule has 3 rings (SSSR count).